The van der Waals surface area contributed by atoms with Crippen LogP contribution in [-0.4, -0.2) is 26.8 Å². The molecule has 4 nitrogen and oxygen atoms in total. The molecule has 2 saturated carbocycles. The fraction of sp³-hybridized carbons (Fsp3) is 0.778. The normalized spacial score (nSPS) is 18.8. The van der Waals surface area contributed by atoms with Crippen LogP contribution >= 0.6 is 0 Å². The fourth-order valence-corrected chi connectivity index (χ4v) is 7.11. The van der Waals surface area contributed by atoms with E-state index in [9.17, 15) is 8.42 Å². The lowest BCUT2D eigenvalue weighted by Gasteiger charge is -2.24. The summed E-state index contributed by atoms with van der Waals surface area (Å²) in [5.74, 6) is 1.38. The van der Waals surface area contributed by atoms with Crippen molar-refractivity contribution in [3.63, 3.8) is 0 Å². The van der Waals surface area contributed by atoms with Crippen LogP contribution in [0.15, 0.2) is 18.2 Å². The van der Waals surface area contributed by atoms with Gasteiger partial charge in [-0.05, 0) is 93.5 Å². The van der Waals surface area contributed by atoms with Gasteiger partial charge < -0.3 is 5.32 Å². The zero-order chi connectivity index (χ0) is 22.8. The first kappa shape index (κ1) is 25.6. The first-order valence-corrected chi connectivity index (χ1v) is 14.8. The molecule has 1 aromatic rings. The predicted octanol–water partition coefficient (Wildman–Crippen LogP) is 6.45. The van der Waals surface area contributed by atoms with E-state index in [-0.39, 0.29) is 5.25 Å². The molecule has 32 heavy (non-hydrogen) atoms. The van der Waals surface area contributed by atoms with E-state index in [1.807, 2.05) is 12.1 Å². The summed E-state index contributed by atoms with van der Waals surface area (Å²) in [5.41, 5.74) is 3.34. The molecule has 0 aromatic heterocycles. The Morgan fingerprint density at radius 3 is 2.31 bits per heavy atom. The second kappa shape index (κ2) is 13.0. The Hall–Kier alpha value is -1.07. The molecule has 2 aliphatic rings. The quantitative estimate of drug-likeness (QED) is 0.351. The topological polar surface area (TPSA) is 58.2 Å². The summed E-state index contributed by atoms with van der Waals surface area (Å²) < 4.78 is 29.1. The van der Waals surface area contributed by atoms with Gasteiger partial charge in [-0.2, -0.15) is 0 Å². The lowest BCUT2D eigenvalue weighted by molar-refractivity contribution is 0.341. The highest BCUT2D eigenvalue weighted by atomic mass is 32.2. The maximum absolute atomic E-state index is 13.0. The number of rotatable bonds is 12. The summed E-state index contributed by atoms with van der Waals surface area (Å²) in [6, 6.07) is 6.19. The van der Waals surface area contributed by atoms with Gasteiger partial charge in [0.05, 0.1) is 10.9 Å². The van der Waals surface area contributed by atoms with Crippen molar-refractivity contribution in [2.45, 2.75) is 109 Å². The van der Waals surface area contributed by atoms with Crippen LogP contribution in [0.4, 0.5) is 5.69 Å². The van der Waals surface area contributed by atoms with E-state index >= 15 is 0 Å². The van der Waals surface area contributed by atoms with Gasteiger partial charge in [0.2, 0.25) is 10.0 Å². The van der Waals surface area contributed by atoms with E-state index in [0.717, 1.165) is 69.5 Å². The number of nitrogens with one attached hydrogen (secondary N) is 2. The second-order valence-electron chi connectivity index (χ2n) is 10.6. The molecule has 3 rings (SSSR count). The first-order valence-electron chi connectivity index (χ1n) is 13.3. The molecule has 0 spiro atoms. The summed E-state index contributed by atoms with van der Waals surface area (Å²) in [5, 5.41) is 3.44. The minimum Gasteiger partial charge on any atom is -0.316 e. The summed E-state index contributed by atoms with van der Waals surface area (Å²) in [4.78, 5) is 0. The summed E-state index contributed by atoms with van der Waals surface area (Å²) in [7, 11) is -3.31. The summed E-state index contributed by atoms with van der Waals surface area (Å²) >= 11 is 0. The zero-order valence-corrected chi connectivity index (χ0v) is 21.3. The number of benzene rings is 1. The highest BCUT2D eigenvalue weighted by Gasteiger charge is 2.28. The van der Waals surface area contributed by atoms with Crippen LogP contribution in [0.1, 0.15) is 102 Å². The molecule has 0 heterocycles. The molecule has 0 bridgehead atoms. The standard InChI is InChI=1S/C27H46N2O2S/c1-22(2)20-26-24(14-9-10-19-28-21-23-12-5-3-6-13-23)15-11-18-27(26)29-32(30,31)25-16-7-4-8-17-25/h11,15,18,22-23,25,28-29H,3-10,12-14,16-17,19-21H2,1-2H3. The van der Waals surface area contributed by atoms with Crippen LogP contribution in [0.25, 0.3) is 0 Å². The summed E-state index contributed by atoms with van der Waals surface area (Å²) in [6.45, 7) is 6.69. The van der Waals surface area contributed by atoms with Gasteiger partial charge in [-0.25, -0.2) is 8.42 Å². The smallest absolute Gasteiger partial charge is 0.235 e. The molecule has 5 heteroatoms. The van der Waals surface area contributed by atoms with Crippen molar-refractivity contribution in [2.75, 3.05) is 17.8 Å². The van der Waals surface area contributed by atoms with Crippen molar-refractivity contribution >= 4 is 15.7 Å². The third-order valence-corrected chi connectivity index (χ3v) is 9.19. The summed E-state index contributed by atoms with van der Waals surface area (Å²) in [6.07, 6.45) is 16.1. The number of aryl methyl sites for hydroxylation is 1. The second-order valence-corrected chi connectivity index (χ2v) is 12.6. The maximum Gasteiger partial charge on any atom is 0.235 e. The lowest BCUT2D eigenvalue weighted by Crippen LogP contribution is -2.30. The van der Waals surface area contributed by atoms with Crippen LogP contribution < -0.4 is 10.0 Å². The molecule has 2 N–H and O–H groups in total. The molecule has 2 fully saturated rings. The lowest BCUT2D eigenvalue weighted by atomic mass is 9.89. The van der Waals surface area contributed by atoms with Crippen LogP contribution in [-0.2, 0) is 22.9 Å². The third-order valence-electron chi connectivity index (χ3n) is 7.34. The molecule has 0 unspecified atom stereocenters. The van der Waals surface area contributed by atoms with E-state index in [0.29, 0.717) is 5.92 Å². The minimum atomic E-state index is -3.31. The molecule has 0 saturated heterocycles. The predicted molar refractivity (Wildman–Crippen MR) is 137 cm³/mol. The van der Waals surface area contributed by atoms with Crippen LogP contribution in [0.2, 0.25) is 0 Å². The van der Waals surface area contributed by atoms with E-state index in [2.05, 4.69) is 30.0 Å². The van der Waals surface area contributed by atoms with Crippen molar-refractivity contribution in [2.24, 2.45) is 11.8 Å². The molecule has 182 valence electrons. The minimum absolute atomic E-state index is 0.234. The molecule has 0 radical (unpaired) electrons. The van der Waals surface area contributed by atoms with Gasteiger partial charge >= 0.3 is 0 Å². The van der Waals surface area contributed by atoms with Crippen molar-refractivity contribution in [3.8, 4) is 0 Å². The largest absolute Gasteiger partial charge is 0.316 e. The maximum atomic E-state index is 13.0. The molecule has 0 aliphatic heterocycles. The Kier molecular flexibility index (Phi) is 10.4. The molecule has 0 atom stereocenters. The van der Waals surface area contributed by atoms with Gasteiger partial charge in [-0.3, -0.25) is 4.72 Å². The molecule has 0 amide bonds. The van der Waals surface area contributed by atoms with Crippen molar-refractivity contribution in [3.05, 3.63) is 29.3 Å². The van der Waals surface area contributed by atoms with Crippen LogP contribution in [0, 0.1) is 11.8 Å². The van der Waals surface area contributed by atoms with Gasteiger partial charge in [0.1, 0.15) is 0 Å². The Morgan fingerprint density at radius 2 is 1.62 bits per heavy atom. The Morgan fingerprint density at radius 1 is 0.938 bits per heavy atom. The average molecular weight is 463 g/mol. The van der Waals surface area contributed by atoms with E-state index in [1.165, 1.54) is 56.2 Å². The van der Waals surface area contributed by atoms with Gasteiger partial charge in [0.25, 0.3) is 0 Å². The average Bonchev–Trinajstić information content (AvgIpc) is 2.79. The first-order chi connectivity index (χ1) is 15.5. The molecular weight excluding hydrogens is 416 g/mol. The molecule has 1 aromatic carbocycles. The number of anilines is 1. The van der Waals surface area contributed by atoms with Crippen molar-refractivity contribution in [1.29, 1.82) is 0 Å². The van der Waals surface area contributed by atoms with Crippen molar-refractivity contribution < 1.29 is 8.42 Å². The van der Waals surface area contributed by atoms with Gasteiger partial charge in [0.15, 0.2) is 0 Å². The van der Waals surface area contributed by atoms with Crippen LogP contribution in [0.5, 0.6) is 0 Å². The van der Waals surface area contributed by atoms with Gasteiger partial charge in [-0.1, -0.05) is 64.5 Å². The van der Waals surface area contributed by atoms with E-state index in [4.69, 9.17) is 0 Å². The monoisotopic (exact) mass is 462 g/mol. The van der Waals surface area contributed by atoms with Crippen LogP contribution in [0.3, 0.4) is 0 Å². The number of hydrogen-bond donors (Lipinski definition) is 2. The SMILES string of the molecule is CC(C)Cc1c(CCCCNCC2CCCCC2)cccc1NS(=O)(=O)C1CCCCC1. The van der Waals surface area contributed by atoms with Crippen molar-refractivity contribution in [1.82, 2.24) is 5.32 Å². The Labute approximate surface area is 197 Å². The van der Waals surface area contributed by atoms with E-state index in [1.54, 1.807) is 0 Å². The highest BCUT2D eigenvalue weighted by Crippen LogP contribution is 2.30. The van der Waals surface area contributed by atoms with Gasteiger partial charge in [-0.15, -0.1) is 0 Å². The Balaban J connectivity index is 1.55. The van der Waals surface area contributed by atoms with E-state index < -0.39 is 10.0 Å². The number of unbranched alkanes of at least 4 members (excludes halogenated alkanes) is 1. The number of sulfonamides is 1. The Bertz CT molecular complexity index is 779. The zero-order valence-electron chi connectivity index (χ0n) is 20.5. The third kappa shape index (κ3) is 8.06. The molecule has 2 aliphatic carbocycles. The molecular formula is C27H46N2O2S. The number of hydrogen-bond acceptors (Lipinski definition) is 3. The van der Waals surface area contributed by atoms with Gasteiger partial charge in [0, 0.05) is 0 Å². The fourth-order valence-electron chi connectivity index (χ4n) is 5.49. The highest BCUT2D eigenvalue weighted by molar-refractivity contribution is 7.93.